The number of carbonyl (C=O) groups is 2. The maximum absolute atomic E-state index is 13.0. The second-order valence-electron chi connectivity index (χ2n) is 7.51. The third kappa shape index (κ3) is 4.70. The topological polar surface area (TPSA) is 70.1 Å². The summed E-state index contributed by atoms with van der Waals surface area (Å²) in [5.41, 5.74) is 1.29. The molecular formula is C23H22BrClN2O4. The lowest BCUT2D eigenvalue weighted by molar-refractivity contribution is -0.140. The quantitative estimate of drug-likeness (QED) is 0.380. The van der Waals surface area contributed by atoms with E-state index in [1.165, 1.54) is 0 Å². The van der Waals surface area contributed by atoms with Gasteiger partial charge in [0.15, 0.2) is 0 Å². The first kappa shape index (κ1) is 22.0. The minimum atomic E-state index is -0.681. The molecule has 6 nitrogen and oxygen atoms in total. The number of hydrogen-bond donors (Lipinski definition) is 1. The Morgan fingerprint density at radius 3 is 2.48 bits per heavy atom. The summed E-state index contributed by atoms with van der Waals surface area (Å²) in [4.78, 5) is 29.8. The van der Waals surface area contributed by atoms with Crippen molar-refractivity contribution in [2.75, 3.05) is 39.4 Å². The van der Waals surface area contributed by atoms with Gasteiger partial charge < -0.3 is 14.7 Å². The van der Waals surface area contributed by atoms with Gasteiger partial charge in [0, 0.05) is 41.2 Å². The maximum Gasteiger partial charge on any atom is 0.295 e. The molecule has 0 aliphatic carbocycles. The van der Waals surface area contributed by atoms with Crippen molar-refractivity contribution in [1.29, 1.82) is 0 Å². The summed E-state index contributed by atoms with van der Waals surface area (Å²) in [6, 6.07) is 13.3. The molecule has 2 heterocycles. The van der Waals surface area contributed by atoms with E-state index in [9.17, 15) is 14.7 Å². The molecule has 2 saturated heterocycles. The number of carbonyl (C=O) groups excluding carboxylic acids is 2. The van der Waals surface area contributed by atoms with Crippen molar-refractivity contribution < 1.29 is 19.4 Å². The van der Waals surface area contributed by atoms with Gasteiger partial charge in [0.2, 0.25) is 0 Å². The number of ether oxygens (including phenoxy) is 1. The number of likely N-dealkylation sites (tertiary alicyclic amines) is 1. The lowest BCUT2D eigenvalue weighted by Gasteiger charge is -2.31. The fraction of sp³-hybridized carbons (Fsp3) is 0.304. The van der Waals surface area contributed by atoms with Crippen LogP contribution < -0.4 is 0 Å². The van der Waals surface area contributed by atoms with Crippen LogP contribution in [0.25, 0.3) is 5.76 Å². The molecule has 2 aromatic rings. The lowest BCUT2D eigenvalue weighted by Crippen LogP contribution is -2.42. The van der Waals surface area contributed by atoms with E-state index in [0.29, 0.717) is 36.9 Å². The van der Waals surface area contributed by atoms with Crippen molar-refractivity contribution in [1.82, 2.24) is 9.80 Å². The van der Waals surface area contributed by atoms with Gasteiger partial charge in [-0.05, 0) is 42.0 Å². The summed E-state index contributed by atoms with van der Waals surface area (Å²) in [6.45, 7) is 3.89. The summed E-state index contributed by atoms with van der Waals surface area (Å²) in [7, 11) is 0. The van der Waals surface area contributed by atoms with Crippen LogP contribution in [0.15, 0.2) is 58.6 Å². The molecule has 4 rings (SSSR count). The third-order valence-electron chi connectivity index (χ3n) is 5.58. The molecule has 8 heteroatoms. The molecule has 31 heavy (non-hydrogen) atoms. The van der Waals surface area contributed by atoms with E-state index in [1.54, 1.807) is 29.2 Å². The molecular weight excluding hydrogens is 484 g/mol. The predicted molar refractivity (Wildman–Crippen MR) is 122 cm³/mol. The Labute approximate surface area is 194 Å². The number of morpholine rings is 1. The molecule has 0 spiro atoms. The molecule has 1 amide bonds. The molecule has 0 bridgehead atoms. The van der Waals surface area contributed by atoms with Crippen LogP contribution in [0, 0.1) is 0 Å². The number of amides is 1. The van der Waals surface area contributed by atoms with Crippen molar-refractivity contribution in [3.8, 4) is 0 Å². The number of benzene rings is 2. The van der Waals surface area contributed by atoms with Crippen molar-refractivity contribution >= 4 is 45.0 Å². The average molecular weight is 506 g/mol. The van der Waals surface area contributed by atoms with Gasteiger partial charge in [-0.2, -0.15) is 0 Å². The van der Waals surface area contributed by atoms with Gasteiger partial charge in [-0.3, -0.25) is 14.5 Å². The summed E-state index contributed by atoms with van der Waals surface area (Å²) in [5, 5.41) is 11.6. The zero-order valence-corrected chi connectivity index (χ0v) is 19.1. The van der Waals surface area contributed by atoms with Crippen LogP contribution in [0.2, 0.25) is 5.02 Å². The van der Waals surface area contributed by atoms with E-state index >= 15 is 0 Å². The molecule has 162 valence electrons. The summed E-state index contributed by atoms with van der Waals surface area (Å²) < 4.78 is 6.22. The van der Waals surface area contributed by atoms with Gasteiger partial charge in [-0.15, -0.1) is 0 Å². The SMILES string of the molecule is O=C1C(=O)N(CCN2CCOCC2)[C@H](c2cccc(Br)c2)C1=C(O)c1ccc(Cl)cc1. The van der Waals surface area contributed by atoms with Gasteiger partial charge in [-0.1, -0.05) is 39.7 Å². The minimum Gasteiger partial charge on any atom is -0.507 e. The molecule has 0 aromatic heterocycles. The van der Waals surface area contributed by atoms with Crippen LogP contribution in [0.4, 0.5) is 0 Å². The Balaban J connectivity index is 1.73. The molecule has 0 unspecified atom stereocenters. The van der Waals surface area contributed by atoms with Crippen LogP contribution in [-0.2, 0) is 14.3 Å². The standard InChI is InChI=1S/C23H22BrClN2O4/c24-17-3-1-2-16(14-17)20-19(21(28)15-4-6-18(25)7-5-15)22(29)23(30)27(20)9-8-26-10-12-31-13-11-26/h1-7,14,20,28H,8-13H2/t20-/m1/s1. The zero-order valence-electron chi connectivity index (χ0n) is 16.8. The Kier molecular flexibility index (Phi) is 6.77. The van der Waals surface area contributed by atoms with Crippen LogP contribution in [0.5, 0.6) is 0 Å². The number of hydrogen-bond acceptors (Lipinski definition) is 5. The summed E-state index contributed by atoms with van der Waals surface area (Å²) in [5.74, 6) is -1.48. The predicted octanol–water partition coefficient (Wildman–Crippen LogP) is 3.86. The van der Waals surface area contributed by atoms with Crippen molar-refractivity contribution in [2.45, 2.75) is 6.04 Å². The molecule has 1 N–H and O–H groups in total. The van der Waals surface area contributed by atoms with Crippen LogP contribution >= 0.6 is 27.5 Å². The number of aliphatic hydroxyl groups is 1. The Hall–Kier alpha value is -2.19. The van der Waals surface area contributed by atoms with E-state index in [2.05, 4.69) is 20.8 Å². The monoisotopic (exact) mass is 504 g/mol. The fourth-order valence-corrected chi connectivity index (χ4v) is 4.51. The first-order chi connectivity index (χ1) is 15.0. The Morgan fingerprint density at radius 2 is 1.81 bits per heavy atom. The minimum absolute atomic E-state index is 0.0902. The van der Waals surface area contributed by atoms with Gasteiger partial charge in [-0.25, -0.2) is 0 Å². The highest BCUT2D eigenvalue weighted by molar-refractivity contribution is 9.10. The number of aliphatic hydroxyl groups excluding tert-OH is 1. The summed E-state index contributed by atoms with van der Waals surface area (Å²) in [6.07, 6.45) is 0. The van der Waals surface area contributed by atoms with Crippen molar-refractivity contribution in [3.63, 3.8) is 0 Å². The van der Waals surface area contributed by atoms with Gasteiger partial charge in [0.1, 0.15) is 5.76 Å². The average Bonchev–Trinajstić information content (AvgIpc) is 3.03. The normalized spacial score (nSPS) is 21.6. The third-order valence-corrected chi connectivity index (χ3v) is 6.33. The van der Waals surface area contributed by atoms with Crippen LogP contribution in [-0.4, -0.2) is 66.0 Å². The number of Topliss-reactive ketones (excluding diaryl/α,β-unsaturated/α-hetero) is 1. The van der Waals surface area contributed by atoms with E-state index in [0.717, 1.165) is 23.1 Å². The van der Waals surface area contributed by atoms with Crippen LogP contribution in [0.3, 0.4) is 0 Å². The molecule has 0 radical (unpaired) electrons. The first-order valence-electron chi connectivity index (χ1n) is 10.1. The largest absolute Gasteiger partial charge is 0.507 e. The van der Waals surface area contributed by atoms with E-state index in [-0.39, 0.29) is 11.3 Å². The van der Waals surface area contributed by atoms with Crippen molar-refractivity contribution in [2.24, 2.45) is 0 Å². The van der Waals surface area contributed by atoms with Gasteiger partial charge >= 0.3 is 0 Å². The number of rotatable bonds is 5. The molecule has 0 saturated carbocycles. The Bertz CT molecular complexity index is 1020. The smallest absolute Gasteiger partial charge is 0.295 e. The fourth-order valence-electron chi connectivity index (χ4n) is 3.97. The van der Waals surface area contributed by atoms with Crippen molar-refractivity contribution in [3.05, 3.63) is 74.7 Å². The van der Waals surface area contributed by atoms with Gasteiger partial charge in [0.25, 0.3) is 11.7 Å². The zero-order chi connectivity index (χ0) is 22.0. The second-order valence-corrected chi connectivity index (χ2v) is 8.86. The molecule has 2 aliphatic heterocycles. The highest BCUT2D eigenvalue weighted by Gasteiger charge is 2.46. The van der Waals surface area contributed by atoms with E-state index in [1.807, 2.05) is 24.3 Å². The lowest BCUT2D eigenvalue weighted by atomic mass is 9.95. The van der Waals surface area contributed by atoms with Gasteiger partial charge in [0.05, 0.1) is 24.8 Å². The van der Waals surface area contributed by atoms with Crippen LogP contribution in [0.1, 0.15) is 17.2 Å². The number of halogens is 2. The highest BCUT2D eigenvalue weighted by Crippen LogP contribution is 2.40. The molecule has 2 aliphatic rings. The number of ketones is 1. The maximum atomic E-state index is 13.0. The second kappa shape index (κ2) is 9.53. The Morgan fingerprint density at radius 1 is 1.10 bits per heavy atom. The number of nitrogens with zero attached hydrogens (tertiary/aromatic N) is 2. The summed E-state index contributed by atoms with van der Waals surface area (Å²) >= 11 is 9.43. The van der Waals surface area contributed by atoms with E-state index < -0.39 is 17.7 Å². The highest BCUT2D eigenvalue weighted by atomic mass is 79.9. The molecule has 2 fully saturated rings. The molecule has 2 aromatic carbocycles. The molecule has 1 atom stereocenters. The van der Waals surface area contributed by atoms with E-state index in [4.69, 9.17) is 16.3 Å². The first-order valence-corrected chi connectivity index (χ1v) is 11.2.